The van der Waals surface area contributed by atoms with Crippen LogP contribution in [0, 0.1) is 29.1 Å². The lowest BCUT2D eigenvalue weighted by Crippen LogP contribution is -2.16. The number of hydrogen-bond acceptors (Lipinski definition) is 2. The molecule has 0 bridgehead atoms. The minimum atomic E-state index is -5.65. The van der Waals surface area contributed by atoms with Gasteiger partial charge in [-0.15, -0.1) is 0 Å². The van der Waals surface area contributed by atoms with Gasteiger partial charge in [0.05, 0.1) is 0 Å². The fourth-order valence-corrected chi connectivity index (χ4v) is 0.854. The Hall–Kier alpha value is -1.47. The van der Waals surface area contributed by atoms with Crippen LogP contribution in [0.15, 0.2) is 0 Å². The summed E-state index contributed by atoms with van der Waals surface area (Å²) in [4.78, 5) is 0. The molecule has 0 atom stereocenters. The Labute approximate surface area is 105 Å². The van der Waals surface area contributed by atoms with Gasteiger partial charge in [-0.1, -0.05) is 0 Å². The van der Waals surface area contributed by atoms with Crippen LogP contribution in [0.4, 0.5) is 35.1 Å². The minimum absolute atomic E-state index is 2.63. The first-order valence-electron chi connectivity index (χ1n) is 3.96. The highest BCUT2D eigenvalue weighted by molar-refractivity contribution is 7.79. The van der Waals surface area contributed by atoms with Crippen LogP contribution >= 0.6 is 0 Å². The van der Waals surface area contributed by atoms with Gasteiger partial charge in [0.15, 0.2) is 23.3 Å². The molecule has 0 unspecified atom stereocenters. The SMILES string of the molecule is Fc1c(F)c(F)c(C(F)(F)F)c(F)c1F.O=S(=O)(O)O. The molecule has 0 saturated carbocycles. The van der Waals surface area contributed by atoms with E-state index in [0.717, 1.165) is 0 Å². The van der Waals surface area contributed by atoms with Gasteiger partial charge in [0.2, 0.25) is 5.82 Å². The van der Waals surface area contributed by atoms with E-state index in [1.54, 1.807) is 0 Å². The summed E-state index contributed by atoms with van der Waals surface area (Å²) < 4.78 is 129. The molecule has 0 aliphatic heterocycles. The van der Waals surface area contributed by atoms with Crippen molar-refractivity contribution in [1.82, 2.24) is 0 Å². The molecule has 0 spiro atoms. The van der Waals surface area contributed by atoms with Crippen LogP contribution in [0.1, 0.15) is 5.56 Å². The van der Waals surface area contributed by atoms with Crippen LogP contribution < -0.4 is 0 Å². The molecule has 0 amide bonds. The molecule has 2 N–H and O–H groups in total. The second-order valence-electron chi connectivity index (χ2n) is 2.89. The lowest BCUT2D eigenvalue weighted by molar-refractivity contribution is -0.143. The summed E-state index contributed by atoms with van der Waals surface area (Å²) in [5, 5.41) is 0. The van der Waals surface area contributed by atoms with E-state index in [0.29, 0.717) is 0 Å². The van der Waals surface area contributed by atoms with Gasteiger partial charge in [-0.3, -0.25) is 9.11 Å². The summed E-state index contributed by atoms with van der Waals surface area (Å²) in [6.45, 7) is 0. The maximum atomic E-state index is 12.5. The van der Waals surface area contributed by atoms with E-state index < -0.39 is 51.2 Å². The molecule has 13 heteroatoms. The molecule has 20 heavy (non-hydrogen) atoms. The first-order valence-corrected chi connectivity index (χ1v) is 5.36. The number of hydrogen-bond donors (Lipinski definition) is 2. The van der Waals surface area contributed by atoms with Crippen LogP contribution in [0.3, 0.4) is 0 Å². The van der Waals surface area contributed by atoms with Gasteiger partial charge in [-0.25, -0.2) is 22.0 Å². The first kappa shape index (κ1) is 18.5. The second kappa shape index (κ2) is 5.88. The largest absolute Gasteiger partial charge is 0.422 e. The molecule has 116 valence electrons. The van der Waals surface area contributed by atoms with Gasteiger partial charge in [-0.05, 0) is 0 Å². The Morgan fingerprint density at radius 1 is 0.700 bits per heavy atom. The van der Waals surface area contributed by atoms with E-state index >= 15 is 0 Å². The molecule has 0 aliphatic carbocycles. The highest BCUT2D eigenvalue weighted by Gasteiger charge is 2.42. The Balaban J connectivity index is 0.000000621. The number of benzene rings is 1. The molecule has 0 radical (unpaired) electrons. The second-order valence-corrected chi connectivity index (χ2v) is 3.79. The Morgan fingerprint density at radius 2 is 0.900 bits per heavy atom. The Morgan fingerprint density at radius 3 is 1.10 bits per heavy atom. The molecule has 1 rings (SSSR count). The maximum Gasteiger partial charge on any atom is 0.422 e. The quantitative estimate of drug-likeness (QED) is 0.331. The molecule has 1 aromatic carbocycles. The predicted octanol–water partition coefficient (Wildman–Crippen LogP) is 2.75. The highest BCUT2D eigenvalue weighted by atomic mass is 32.3. The van der Waals surface area contributed by atoms with Crippen molar-refractivity contribution in [2.24, 2.45) is 0 Å². The lowest BCUT2D eigenvalue weighted by atomic mass is 10.1. The van der Waals surface area contributed by atoms with Gasteiger partial charge in [0, 0.05) is 0 Å². The third kappa shape index (κ3) is 4.90. The number of alkyl halides is 3. The average molecular weight is 334 g/mol. The smallest absolute Gasteiger partial charge is 0.264 e. The van der Waals surface area contributed by atoms with Crippen LogP contribution in [0.25, 0.3) is 0 Å². The van der Waals surface area contributed by atoms with Crippen molar-refractivity contribution in [3.05, 3.63) is 34.6 Å². The zero-order valence-electron chi connectivity index (χ0n) is 8.64. The fraction of sp³-hybridized carbons (Fsp3) is 0.143. The van der Waals surface area contributed by atoms with Crippen molar-refractivity contribution in [2.45, 2.75) is 6.18 Å². The van der Waals surface area contributed by atoms with Gasteiger partial charge in [-0.2, -0.15) is 21.6 Å². The summed E-state index contributed by atoms with van der Waals surface area (Å²) in [6.07, 6.45) is -5.65. The monoisotopic (exact) mass is 334 g/mol. The summed E-state index contributed by atoms with van der Waals surface area (Å²) in [5.41, 5.74) is -2.79. The summed E-state index contributed by atoms with van der Waals surface area (Å²) >= 11 is 0. The van der Waals surface area contributed by atoms with Gasteiger partial charge >= 0.3 is 16.6 Å². The Bertz CT molecular complexity index is 571. The maximum absolute atomic E-state index is 12.5. The van der Waals surface area contributed by atoms with Crippen LogP contribution in [-0.2, 0) is 16.6 Å². The average Bonchev–Trinajstić information content (AvgIpc) is 2.19. The molecule has 0 fully saturated rings. The van der Waals surface area contributed by atoms with E-state index in [4.69, 9.17) is 17.5 Å². The van der Waals surface area contributed by atoms with Gasteiger partial charge in [0.25, 0.3) is 0 Å². The van der Waals surface area contributed by atoms with Crippen LogP contribution in [0.5, 0.6) is 0 Å². The Kier molecular flexibility index (Phi) is 5.45. The fourth-order valence-electron chi connectivity index (χ4n) is 0.854. The van der Waals surface area contributed by atoms with Crippen LogP contribution in [-0.4, -0.2) is 17.5 Å². The van der Waals surface area contributed by atoms with E-state index in [1.807, 2.05) is 0 Å². The molecular formula is C7H2F8O4S. The zero-order chi connectivity index (χ0) is 16.5. The van der Waals surface area contributed by atoms with Crippen molar-refractivity contribution >= 4 is 10.4 Å². The van der Waals surface area contributed by atoms with Crippen molar-refractivity contribution in [3.8, 4) is 0 Å². The zero-order valence-corrected chi connectivity index (χ0v) is 9.46. The summed E-state index contributed by atoms with van der Waals surface area (Å²) in [7, 11) is -4.67. The first-order chi connectivity index (χ1) is 8.68. The topological polar surface area (TPSA) is 74.6 Å². The minimum Gasteiger partial charge on any atom is -0.264 e. The van der Waals surface area contributed by atoms with E-state index in [1.165, 1.54) is 0 Å². The molecule has 0 aromatic heterocycles. The molecule has 4 nitrogen and oxygen atoms in total. The summed E-state index contributed by atoms with van der Waals surface area (Å²) in [5.74, 6) is -13.7. The van der Waals surface area contributed by atoms with Crippen molar-refractivity contribution < 1.29 is 52.6 Å². The summed E-state index contributed by atoms with van der Waals surface area (Å²) in [6, 6.07) is 0. The molecule has 0 heterocycles. The van der Waals surface area contributed by atoms with E-state index in [-0.39, 0.29) is 0 Å². The molecular weight excluding hydrogens is 332 g/mol. The third-order valence-corrected chi connectivity index (χ3v) is 1.49. The van der Waals surface area contributed by atoms with Crippen molar-refractivity contribution in [3.63, 3.8) is 0 Å². The highest BCUT2D eigenvalue weighted by Crippen LogP contribution is 2.36. The molecule has 0 aliphatic rings. The van der Waals surface area contributed by atoms with E-state index in [2.05, 4.69) is 0 Å². The molecule has 0 saturated heterocycles. The predicted molar refractivity (Wildman–Crippen MR) is 45.4 cm³/mol. The standard InChI is InChI=1S/C7F8.H2O4S/c8-2-1(7(13,14)15)3(9)5(11)6(12)4(2)10;1-5(2,3)4/h;(H2,1,2,3,4). The third-order valence-electron chi connectivity index (χ3n) is 1.49. The lowest BCUT2D eigenvalue weighted by Gasteiger charge is -2.10. The van der Waals surface area contributed by atoms with Crippen molar-refractivity contribution in [2.75, 3.05) is 0 Å². The van der Waals surface area contributed by atoms with E-state index in [9.17, 15) is 35.1 Å². The number of halogens is 8. The van der Waals surface area contributed by atoms with Crippen molar-refractivity contribution in [1.29, 1.82) is 0 Å². The van der Waals surface area contributed by atoms with Gasteiger partial charge < -0.3 is 0 Å². The number of rotatable bonds is 0. The normalized spacial score (nSPS) is 11.9. The van der Waals surface area contributed by atoms with Gasteiger partial charge in [0.1, 0.15) is 5.56 Å². The van der Waals surface area contributed by atoms with Crippen LogP contribution in [0.2, 0.25) is 0 Å². The molecule has 1 aromatic rings.